The number of nitrogens with zero attached hydrogens (tertiary/aromatic N) is 1. The summed E-state index contributed by atoms with van der Waals surface area (Å²) in [5, 5.41) is 9.67. The molecule has 1 aromatic rings. The van der Waals surface area contributed by atoms with Crippen LogP contribution >= 0.6 is 0 Å². The molecule has 1 unspecified atom stereocenters. The van der Waals surface area contributed by atoms with Gasteiger partial charge < -0.3 is 9.84 Å². The Kier molecular flexibility index (Phi) is 6.63. The normalized spacial score (nSPS) is 12.4. The van der Waals surface area contributed by atoms with E-state index in [0.29, 0.717) is 0 Å². The Balaban J connectivity index is 2.42. The average Bonchev–Trinajstić information content (AvgIpc) is 2.35. The smallest absolute Gasteiger partial charge is 0.137 e. The third-order valence-corrected chi connectivity index (χ3v) is 2.63. The highest BCUT2D eigenvalue weighted by molar-refractivity contribution is 5.23. The number of aliphatic hydroxyl groups excluding tert-OH is 1. The van der Waals surface area contributed by atoms with Crippen LogP contribution in [0.2, 0.25) is 0 Å². The van der Waals surface area contributed by atoms with E-state index in [4.69, 9.17) is 4.74 Å². The van der Waals surface area contributed by atoms with Crippen molar-refractivity contribution in [3.63, 3.8) is 0 Å². The summed E-state index contributed by atoms with van der Waals surface area (Å²) in [6.45, 7) is 4.89. The minimum Gasteiger partial charge on any atom is -0.492 e. The Morgan fingerprint density at radius 2 is 2.06 bits per heavy atom. The van der Waals surface area contributed by atoms with Gasteiger partial charge in [0.25, 0.3) is 0 Å². The van der Waals surface area contributed by atoms with E-state index in [9.17, 15) is 5.11 Å². The van der Waals surface area contributed by atoms with Crippen LogP contribution in [0.5, 0.6) is 5.75 Å². The van der Waals surface area contributed by atoms with Crippen LogP contribution in [-0.2, 0) is 6.42 Å². The first-order valence-corrected chi connectivity index (χ1v) is 6.51. The maximum atomic E-state index is 9.67. The Morgan fingerprint density at radius 1 is 1.24 bits per heavy atom. The second kappa shape index (κ2) is 8.07. The molecule has 1 N–H and O–H groups in total. The lowest BCUT2D eigenvalue weighted by Crippen LogP contribution is -2.07. The summed E-state index contributed by atoms with van der Waals surface area (Å²) in [7, 11) is 0. The van der Waals surface area contributed by atoms with Gasteiger partial charge in [-0.05, 0) is 37.3 Å². The lowest BCUT2D eigenvalue weighted by molar-refractivity contribution is 0.154. The first-order valence-electron chi connectivity index (χ1n) is 6.51. The highest BCUT2D eigenvalue weighted by Crippen LogP contribution is 2.14. The number of aliphatic hydroxyl groups is 1. The van der Waals surface area contributed by atoms with Gasteiger partial charge in [-0.3, -0.25) is 4.98 Å². The molecule has 0 saturated carbocycles. The zero-order valence-electron chi connectivity index (χ0n) is 10.9. The summed E-state index contributed by atoms with van der Waals surface area (Å²) in [5.41, 5.74) is 1.13. The van der Waals surface area contributed by atoms with Crippen molar-refractivity contribution in [1.29, 1.82) is 0 Å². The second-order valence-corrected chi connectivity index (χ2v) is 4.36. The average molecular weight is 237 g/mol. The SMILES string of the molecule is CCCOc1cncc(CCC(O)CCC)c1. The highest BCUT2D eigenvalue weighted by atomic mass is 16.5. The molecule has 0 aliphatic carbocycles. The van der Waals surface area contributed by atoms with E-state index in [1.54, 1.807) is 6.20 Å². The van der Waals surface area contributed by atoms with Crippen LogP contribution in [-0.4, -0.2) is 22.8 Å². The maximum Gasteiger partial charge on any atom is 0.137 e. The monoisotopic (exact) mass is 237 g/mol. The molecule has 3 heteroatoms. The number of ether oxygens (including phenoxy) is 1. The Hall–Kier alpha value is -1.09. The van der Waals surface area contributed by atoms with Gasteiger partial charge in [0.05, 0.1) is 18.9 Å². The van der Waals surface area contributed by atoms with Gasteiger partial charge in [-0.25, -0.2) is 0 Å². The molecule has 1 atom stereocenters. The van der Waals surface area contributed by atoms with Crippen LogP contribution in [0.25, 0.3) is 0 Å². The van der Waals surface area contributed by atoms with Gasteiger partial charge in [-0.1, -0.05) is 20.3 Å². The van der Waals surface area contributed by atoms with Gasteiger partial charge in [0.2, 0.25) is 0 Å². The molecule has 17 heavy (non-hydrogen) atoms. The summed E-state index contributed by atoms with van der Waals surface area (Å²) in [6, 6.07) is 2.02. The molecule has 0 saturated heterocycles. The van der Waals surface area contributed by atoms with Gasteiger partial charge in [-0.15, -0.1) is 0 Å². The fourth-order valence-electron chi connectivity index (χ4n) is 1.71. The number of aromatic nitrogens is 1. The van der Waals surface area contributed by atoms with Crippen LogP contribution < -0.4 is 4.74 Å². The molecule has 1 aromatic heterocycles. The van der Waals surface area contributed by atoms with Crippen molar-refractivity contribution in [1.82, 2.24) is 4.98 Å². The van der Waals surface area contributed by atoms with Crippen molar-refractivity contribution in [3.8, 4) is 5.75 Å². The number of hydrogen-bond donors (Lipinski definition) is 1. The predicted molar refractivity (Wildman–Crippen MR) is 69.3 cm³/mol. The summed E-state index contributed by atoms with van der Waals surface area (Å²) in [5.74, 6) is 0.828. The molecule has 0 bridgehead atoms. The molecule has 0 aliphatic heterocycles. The van der Waals surface area contributed by atoms with E-state index in [1.807, 2.05) is 12.3 Å². The van der Waals surface area contributed by atoms with E-state index in [-0.39, 0.29) is 6.10 Å². The van der Waals surface area contributed by atoms with Gasteiger partial charge in [0.15, 0.2) is 0 Å². The number of aryl methyl sites for hydroxylation is 1. The molecular weight excluding hydrogens is 214 g/mol. The second-order valence-electron chi connectivity index (χ2n) is 4.36. The zero-order chi connectivity index (χ0) is 12.5. The summed E-state index contributed by atoms with van der Waals surface area (Å²) < 4.78 is 5.53. The largest absolute Gasteiger partial charge is 0.492 e. The van der Waals surface area contributed by atoms with Crippen molar-refractivity contribution in [2.75, 3.05) is 6.61 Å². The third kappa shape index (κ3) is 5.68. The van der Waals surface area contributed by atoms with Crippen molar-refractivity contribution in [2.45, 2.75) is 52.1 Å². The lowest BCUT2D eigenvalue weighted by atomic mass is 10.1. The molecule has 0 aromatic carbocycles. The van der Waals surface area contributed by atoms with Crippen LogP contribution in [0.4, 0.5) is 0 Å². The molecule has 0 aliphatic rings. The fraction of sp³-hybridized carbons (Fsp3) is 0.643. The van der Waals surface area contributed by atoms with Gasteiger partial charge >= 0.3 is 0 Å². The molecule has 0 fully saturated rings. The summed E-state index contributed by atoms with van der Waals surface area (Å²) >= 11 is 0. The number of rotatable bonds is 8. The first kappa shape index (κ1) is 14.0. The van der Waals surface area contributed by atoms with E-state index in [0.717, 1.165) is 50.0 Å². The molecule has 0 radical (unpaired) electrons. The topological polar surface area (TPSA) is 42.4 Å². The minimum atomic E-state index is -0.194. The quantitative estimate of drug-likeness (QED) is 0.756. The third-order valence-electron chi connectivity index (χ3n) is 2.63. The first-order chi connectivity index (χ1) is 8.26. The predicted octanol–water partition coefficient (Wildman–Crippen LogP) is 2.96. The maximum absolute atomic E-state index is 9.67. The Bertz CT molecular complexity index is 315. The summed E-state index contributed by atoms with van der Waals surface area (Å²) in [4.78, 5) is 4.15. The van der Waals surface area contributed by atoms with Crippen LogP contribution in [0.3, 0.4) is 0 Å². The van der Waals surface area contributed by atoms with E-state index in [2.05, 4.69) is 18.8 Å². The number of pyridine rings is 1. The van der Waals surface area contributed by atoms with E-state index >= 15 is 0 Å². The van der Waals surface area contributed by atoms with E-state index < -0.39 is 0 Å². The van der Waals surface area contributed by atoms with Crippen LogP contribution in [0.1, 0.15) is 45.1 Å². The van der Waals surface area contributed by atoms with Crippen LogP contribution in [0, 0.1) is 0 Å². The molecule has 3 nitrogen and oxygen atoms in total. The minimum absolute atomic E-state index is 0.194. The molecule has 0 spiro atoms. The van der Waals surface area contributed by atoms with Crippen molar-refractivity contribution >= 4 is 0 Å². The van der Waals surface area contributed by atoms with Gasteiger partial charge in [0.1, 0.15) is 5.75 Å². The standard InChI is InChI=1S/C14H23NO2/c1-3-5-13(16)7-6-12-9-14(11-15-10-12)17-8-4-2/h9-11,13,16H,3-8H2,1-2H3. The fourth-order valence-corrected chi connectivity index (χ4v) is 1.71. The van der Waals surface area contributed by atoms with Gasteiger partial charge in [0, 0.05) is 6.20 Å². The Labute approximate surface area is 104 Å². The Morgan fingerprint density at radius 3 is 2.76 bits per heavy atom. The highest BCUT2D eigenvalue weighted by Gasteiger charge is 2.04. The lowest BCUT2D eigenvalue weighted by Gasteiger charge is -2.09. The number of hydrogen-bond acceptors (Lipinski definition) is 3. The van der Waals surface area contributed by atoms with Crippen LogP contribution in [0.15, 0.2) is 18.5 Å². The molecule has 0 amide bonds. The van der Waals surface area contributed by atoms with E-state index in [1.165, 1.54) is 0 Å². The molecule has 1 heterocycles. The van der Waals surface area contributed by atoms with Crippen molar-refractivity contribution in [3.05, 3.63) is 24.0 Å². The molecular formula is C14H23NO2. The zero-order valence-corrected chi connectivity index (χ0v) is 10.9. The molecule has 1 rings (SSSR count). The molecule has 96 valence electrons. The van der Waals surface area contributed by atoms with Crippen molar-refractivity contribution in [2.24, 2.45) is 0 Å². The van der Waals surface area contributed by atoms with Crippen molar-refractivity contribution < 1.29 is 9.84 Å². The summed E-state index contributed by atoms with van der Waals surface area (Å²) in [6.07, 6.45) is 7.95. The van der Waals surface area contributed by atoms with Gasteiger partial charge in [-0.2, -0.15) is 0 Å².